The van der Waals surface area contributed by atoms with Gasteiger partial charge in [-0.1, -0.05) is 36.4 Å². The maximum atomic E-state index is 4.79. The summed E-state index contributed by atoms with van der Waals surface area (Å²) < 4.78 is 4.56. The van der Waals surface area contributed by atoms with E-state index in [-0.39, 0.29) is 0 Å². The largest absolute Gasteiger partial charge is 0.318 e. The molecule has 0 saturated carbocycles. The number of hydrazone groups is 2. The normalized spacial score (nSPS) is 14.4. The van der Waals surface area contributed by atoms with Crippen molar-refractivity contribution < 1.29 is 0 Å². The van der Waals surface area contributed by atoms with Crippen LogP contribution in [0.4, 0.5) is 0 Å². The van der Waals surface area contributed by atoms with Crippen molar-refractivity contribution in [3.63, 3.8) is 0 Å². The van der Waals surface area contributed by atoms with Crippen molar-refractivity contribution in [3.8, 4) is 11.4 Å². The maximum Gasteiger partial charge on any atom is 0.0561 e. The fourth-order valence-corrected chi connectivity index (χ4v) is 4.99. The van der Waals surface area contributed by atoms with Crippen LogP contribution in [0.15, 0.2) is 83.0 Å². The number of nitrogens with zero attached hydrogens (tertiary/aromatic N) is 6. The van der Waals surface area contributed by atoms with Gasteiger partial charge in [0.15, 0.2) is 0 Å². The number of hydrogen-bond donors (Lipinski definition) is 0. The summed E-state index contributed by atoms with van der Waals surface area (Å²) in [6.07, 6.45) is 4.00. The lowest BCUT2D eigenvalue weighted by Gasteiger charge is -2.31. The molecule has 4 aromatic rings. The molecule has 0 unspecified atom stereocenters. The first-order valence-corrected chi connectivity index (χ1v) is 12.6. The van der Waals surface area contributed by atoms with E-state index in [1.807, 2.05) is 24.6 Å². The zero-order valence-corrected chi connectivity index (χ0v) is 21.6. The van der Waals surface area contributed by atoms with Gasteiger partial charge in [-0.05, 0) is 64.1 Å². The molecular weight excluding hydrogens is 444 g/mol. The highest BCUT2D eigenvalue weighted by atomic mass is 15.5. The van der Waals surface area contributed by atoms with Gasteiger partial charge in [-0.2, -0.15) is 10.2 Å². The number of aromatic nitrogens is 2. The van der Waals surface area contributed by atoms with Crippen molar-refractivity contribution in [2.45, 2.75) is 27.7 Å². The van der Waals surface area contributed by atoms with E-state index in [9.17, 15) is 0 Å². The second-order valence-corrected chi connectivity index (χ2v) is 9.39. The van der Waals surface area contributed by atoms with Crippen LogP contribution in [0.3, 0.4) is 0 Å². The Morgan fingerprint density at radius 3 is 1.28 bits per heavy atom. The Labute approximate surface area is 213 Å². The number of rotatable bonds is 6. The number of para-hydroxylation sites is 2. The Kier molecular flexibility index (Phi) is 6.76. The molecule has 1 saturated heterocycles. The van der Waals surface area contributed by atoms with Gasteiger partial charge in [-0.15, -0.1) is 0 Å². The standard InChI is InChI=1S/C30H34N6/c1-23-19-27(25(3)35(23)29-11-7-5-8-12-29)21-31-33-15-17-34(18-16-33)32-22-28-20-24(2)36(26(28)4)30-13-9-6-10-14-30/h5-14,19-22H,15-18H2,1-4H3/b31-21-,32-22-. The average Bonchev–Trinajstić information content (AvgIpc) is 3.35. The van der Waals surface area contributed by atoms with Crippen LogP contribution in [0.2, 0.25) is 0 Å². The van der Waals surface area contributed by atoms with Crippen molar-refractivity contribution in [3.05, 3.63) is 107 Å². The van der Waals surface area contributed by atoms with Gasteiger partial charge in [0.05, 0.1) is 38.6 Å². The first-order valence-electron chi connectivity index (χ1n) is 12.6. The van der Waals surface area contributed by atoms with Gasteiger partial charge in [0.1, 0.15) is 0 Å². The molecule has 3 heterocycles. The molecule has 0 atom stereocenters. The summed E-state index contributed by atoms with van der Waals surface area (Å²) in [6.45, 7) is 12.0. The molecule has 1 aliphatic rings. The quantitative estimate of drug-likeness (QED) is 0.344. The first-order chi connectivity index (χ1) is 17.5. The van der Waals surface area contributed by atoms with Crippen molar-refractivity contribution in [2.24, 2.45) is 10.2 Å². The molecule has 0 spiro atoms. The highest BCUT2D eigenvalue weighted by molar-refractivity contribution is 5.82. The average molecular weight is 479 g/mol. The van der Waals surface area contributed by atoms with Crippen molar-refractivity contribution in [1.82, 2.24) is 19.2 Å². The number of piperazine rings is 1. The number of benzene rings is 2. The van der Waals surface area contributed by atoms with E-state index < -0.39 is 0 Å². The van der Waals surface area contributed by atoms with Crippen LogP contribution in [-0.2, 0) is 0 Å². The molecule has 184 valence electrons. The lowest BCUT2D eigenvalue weighted by atomic mass is 10.2. The van der Waals surface area contributed by atoms with Crippen LogP contribution in [0.25, 0.3) is 11.4 Å². The molecule has 0 N–H and O–H groups in total. The second kappa shape index (κ2) is 10.3. The Bertz CT molecular complexity index is 1260. The fraction of sp³-hybridized carbons (Fsp3) is 0.267. The van der Waals surface area contributed by atoms with E-state index in [1.54, 1.807) is 0 Å². The SMILES string of the molecule is Cc1cc(/C=N\N2CCN(/N=C\c3cc(C)n(-c4ccccc4)c3C)CC2)c(C)n1-c1ccccc1. The lowest BCUT2D eigenvalue weighted by Crippen LogP contribution is -2.41. The summed E-state index contributed by atoms with van der Waals surface area (Å²) in [5, 5.41) is 13.9. The summed E-state index contributed by atoms with van der Waals surface area (Å²) in [7, 11) is 0. The second-order valence-electron chi connectivity index (χ2n) is 9.39. The molecule has 0 bridgehead atoms. The van der Waals surface area contributed by atoms with Gasteiger partial charge in [0.2, 0.25) is 0 Å². The van der Waals surface area contributed by atoms with E-state index in [0.717, 1.165) is 37.3 Å². The van der Waals surface area contributed by atoms with Crippen LogP contribution in [0, 0.1) is 27.7 Å². The molecule has 1 fully saturated rings. The van der Waals surface area contributed by atoms with E-state index in [1.165, 1.54) is 34.2 Å². The zero-order chi connectivity index (χ0) is 25.1. The molecule has 1 aliphatic heterocycles. The first kappa shape index (κ1) is 23.7. The minimum Gasteiger partial charge on any atom is -0.318 e. The third kappa shape index (κ3) is 4.85. The fourth-order valence-electron chi connectivity index (χ4n) is 4.99. The molecule has 5 rings (SSSR count). The predicted molar refractivity (Wildman–Crippen MR) is 149 cm³/mol. The van der Waals surface area contributed by atoms with Gasteiger partial charge in [0, 0.05) is 45.3 Å². The Morgan fingerprint density at radius 2 is 0.917 bits per heavy atom. The smallest absolute Gasteiger partial charge is 0.0561 e. The van der Waals surface area contributed by atoms with Gasteiger partial charge in [-0.25, -0.2) is 0 Å². The molecule has 36 heavy (non-hydrogen) atoms. The molecule has 6 heteroatoms. The molecule has 2 aromatic heterocycles. The summed E-state index contributed by atoms with van der Waals surface area (Å²) in [5.41, 5.74) is 9.52. The van der Waals surface area contributed by atoms with Gasteiger partial charge < -0.3 is 9.13 Å². The van der Waals surface area contributed by atoms with Crippen LogP contribution in [-0.4, -0.2) is 57.8 Å². The van der Waals surface area contributed by atoms with Gasteiger partial charge in [-0.3, -0.25) is 10.0 Å². The summed E-state index contributed by atoms with van der Waals surface area (Å²) >= 11 is 0. The Balaban J connectivity index is 1.21. The molecule has 0 radical (unpaired) electrons. The van der Waals surface area contributed by atoms with Crippen LogP contribution < -0.4 is 0 Å². The maximum absolute atomic E-state index is 4.79. The summed E-state index contributed by atoms with van der Waals surface area (Å²) in [6, 6.07) is 25.4. The van der Waals surface area contributed by atoms with Gasteiger partial charge >= 0.3 is 0 Å². The Morgan fingerprint density at radius 1 is 0.556 bits per heavy atom. The predicted octanol–water partition coefficient (Wildman–Crippen LogP) is 5.49. The molecule has 0 aliphatic carbocycles. The van der Waals surface area contributed by atoms with E-state index in [4.69, 9.17) is 10.2 Å². The minimum atomic E-state index is 0.855. The third-order valence-corrected chi connectivity index (χ3v) is 6.92. The minimum absolute atomic E-state index is 0.855. The zero-order valence-electron chi connectivity index (χ0n) is 21.6. The van der Waals surface area contributed by atoms with Gasteiger partial charge in [0.25, 0.3) is 0 Å². The molecular formula is C30H34N6. The Hall–Kier alpha value is -4.06. The van der Waals surface area contributed by atoms with E-state index in [0.29, 0.717) is 0 Å². The van der Waals surface area contributed by atoms with Crippen molar-refractivity contribution in [2.75, 3.05) is 26.2 Å². The topological polar surface area (TPSA) is 41.1 Å². The molecule has 2 aromatic carbocycles. The van der Waals surface area contributed by atoms with Crippen LogP contribution >= 0.6 is 0 Å². The van der Waals surface area contributed by atoms with E-state index >= 15 is 0 Å². The molecule has 6 nitrogen and oxygen atoms in total. The number of hydrogen-bond acceptors (Lipinski definition) is 4. The summed E-state index contributed by atoms with van der Waals surface area (Å²) in [5.74, 6) is 0. The highest BCUT2D eigenvalue weighted by Crippen LogP contribution is 2.21. The molecule has 0 amide bonds. The van der Waals surface area contributed by atoms with Crippen LogP contribution in [0.5, 0.6) is 0 Å². The highest BCUT2D eigenvalue weighted by Gasteiger charge is 2.15. The van der Waals surface area contributed by atoms with Crippen molar-refractivity contribution in [1.29, 1.82) is 0 Å². The number of aryl methyl sites for hydroxylation is 2. The lowest BCUT2D eigenvalue weighted by molar-refractivity contribution is 0.141. The van der Waals surface area contributed by atoms with Crippen molar-refractivity contribution >= 4 is 12.4 Å². The third-order valence-electron chi connectivity index (χ3n) is 6.92. The monoisotopic (exact) mass is 478 g/mol. The van der Waals surface area contributed by atoms with Crippen LogP contribution in [0.1, 0.15) is 33.9 Å². The van der Waals surface area contributed by atoms with E-state index in [2.05, 4.69) is 108 Å². The summed E-state index contributed by atoms with van der Waals surface area (Å²) in [4.78, 5) is 0.